The van der Waals surface area contributed by atoms with E-state index >= 15 is 0 Å². The Balaban J connectivity index is 2.58. The van der Waals surface area contributed by atoms with E-state index in [9.17, 15) is 15.0 Å². The fourth-order valence-corrected chi connectivity index (χ4v) is 1.86. The quantitative estimate of drug-likeness (QED) is 0.716. The van der Waals surface area contributed by atoms with Crippen molar-refractivity contribution in [2.75, 3.05) is 6.61 Å². The summed E-state index contributed by atoms with van der Waals surface area (Å²) in [5.41, 5.74) is 0.663. The van der Waals surface area contributed by atoms with Gasteiger partial charge >= 0.3 is 0 Å². The van der Waals surface area contributed by atoms with E-state index in [1.807, 2.05) is 0 Å². The van der Waals surface area contributed by atoms with E-state index in [0.717, 1.165) is 0 Å². The van der Waals surface area contributed by atoms with Crippen LogP contribution in [0.3, 0.4) is 0 Å². The molecule has 1 unspecified atom stereocenters. The summed E-state index contributed by atoms with van der Waals surface area (Å²) >= 11 is 0. The molecule has 1 heterocycles. The highest BCUT2D eigenvalue weighted by molar-refractivity contribution is 5.91. The van der Waals surface area contributed by atoms with Crippen molar-refractivity contribution in [1.82, 2.24) is 10.3 Å². The highest BCUT2D eigenvalue weighted by Crippen LogP contribution is 2.20. The normalized spacial score (nSPS) is 13.4. The van der Waals surface area contributed by atoms with Gasteiger partial charge in [0.05, 0.1) is 18.8 Å². The van der Waals surface area contributed by atoms with E-state index in [1.54, 1.807) is 12.3 Å². The number of nitrogens with zero attached hydrogens (tertiary/aromatic N) is 1. The molecule has 1 rings (SSSR count). The second kappa shape index (κ2) is 7.05. The van der Waals surface area contributed by atoms with Crippen LogP contribution in [0.1, 0.15) is 32.8 Å². The molecule has 0 aliphatic heterocycles. The van der Waals surface area contributed by atoms with Crippen LogP contribution in [0.4, 0.5) is 0 Å². The lowest BCUT2D eigenvalue weighted by Gasteiger charge is -2.24. The predicted octanol–water partition coefficient (Wildman–Crippen LogP) is 1.71. The third-order valence-corrected chi connectivity index (χ3v) is 2.60. The Morgan fingerprint density at radius 2 is 2.15 bits per heavy atom. The van der Waals surface area contributed by atoms with E-state index in [4.69, 9.17) is 0 Å². The fourth-order valence-electron chi connectivity index (χ4n) is 1.86. The minimum absolute atomic E-state index is 0.0273. The Morgan fingerprint density at radius 1 is 1.45 bits per heavy atom. The number of aliphatic hydroxyl groups excluding tert-OH is 1. The molecule has 0 saturated carbocycles. The van der Waals surface area contributed by atoms with E-state index in [1.165, 1.54) is 18.3 Å². The molecule has 0 aliphatic carbocycles. The standard InChI is InChI=1S/C15H22N2O3/c1-15(2,3)7-12(10-18)17-14(20)5-4-11-6-13(19)9-16-8-11/h4-6,8-9,12,18-19H,7,10H2,1-3H3,(H,17,20)/b5-4+. The van der Waals surface area contributed by atoms with Gasteiger partial charge in [-0.25, -0.2) is 0 Å². The smallest absolute Gasteiger partial charge is 0.244 e. The zero-order valence-electron chi connectivity index (χ0n) is 12.1. The molecule has 0 radical (unpaired) electrons. The van der Waals surface area contributed by atoms with Crippen LogP contribution < -0.4 is 5.32 Å². The van der Waals surface area contributed by atoms with Crippen molar-refractivity contribution in [2.24, 2.45) is 5.41 Å². The summed E-state index contributed by atoms with van der Waals surface area (Å²) in [6, 6.07) is 1.24. The highest BCUT2D eigenvalue weighted by Gasteiger charge is 2.18. The van der Waals surface area contributed by atoms with Crippen LogP contribution in [0.2, 0.25) is 0 Å². The maximum atomic E-state index is 11.8. The van der Waals surface area contributed by atoms with Crippen LogP contribution in [-0.4, -0.2) is 33.8 Å². The molecule has 0 saturated heterocycles. The van der Waals surface area contributed by atoms with Crippen LogP contribution in [0, 0.1) is 5.41 Å². The fraction of sp³-hybridized carbons (Fsp3) is 0.467. The molecule has 3 N–H and O–H groups in total. The van der Waals surface area contributed by atoms with Crippen molar-refractivity contribution >= 4 is 12.0 Å². The lowest BCUT2D eigenvalue weighted by atomic mass is 9.88. The molecular formula is C15H22N2O3. The summed E-state index contributed by atoms with van der Waals surface area (Å²) in [4.78, 5) is 15.6. The van der Waals surface area contributed by atoms with E-state index in [0.29, 0.717) is 12.0 Å². The molecule has 1 amide bonds. The van der Waals surface area contributed by atoms with Gasteiger partial charge in [-0.05, 0) is 29.5 Å². The molecule has 1 aromatic heterocycles. The van der Waals surface area contributed by atoms with Crippen LogP contribution in [0.5, 0.6) is 5.75 Å². The second-order valence-corrected chi connectivity index (χ2v) is 5.96. The minimum Gasteiger partial charge on any atom is -0.506 e. The summed E-state index contributed by atoms with van der Waals surface area (Å²) in [6.07, 6.45) is 6.48. The number of aliphatic hydroxyl groups is 1. The molecule has 1 atom stereocenters. The van der Waals surface area contributed by atoms with Crippen molar-refractivity contribution in [3.63, 3.8) is 0 Å². The molecule has 110 valence electrons. The van der Waals surface area contributed by atoms with Gasteiger partial charge in [-0.2, -0.15) is 0 Å². The average molecular weight is 278 g/mol. The summed E-state index contributed by atoms with van der Waals surface area (Å²) in [7, 11) is 0. The lowest BCUT2D eigenvalue weighted by molar-refractivity contribution is -0.117. The summed E-state index contributed by atoms with van der Waals surface area (Å²) in [5.74, 6) is -0.231. The maximum Gasteiger partial charge on any atom is 0.244 e. The summed E-state index contributed by atoms with van der Waals surface area (Å²) < 4.78 is 0. The SMILES string of the molecule is CC(C)(C)CC(CO)NC(=O)/C=C/c1cncc(O)c1. The zero-order chi connectivity index (χ0) is 15.2. The van der Waals surface area contributed by atoms with Crippen LogP contribution >= 0.6 is 0 Å². The first kappa shape index (κ1) is 16.2. The van der Waals surface area contributed by atoms with Gasteiger partial charge in [-0.1, -0.05) is 20.8 Å². The average Bonchev–Trinajstić information content (AvgIpc) is 2.34. The van der Waals surface area contributed by atoms with Gasteiger partial charge in [0.1, 0.15) is 5.75 Å². The Labute approximate surface area is 119 Å². The minimum atomic E-state index is -0.281. The number of aromatic nitrogens is 1. The van der Waals surface area contributed by atoms with E-state index < -0.39 is 0 Å². The second-order valence-electron chi connectivity index (χ2n) is 5.96. The van der Waals surface area contributed by atoms with Gasteiger partial charge < -0.3 is 15.5 Å². The van der Waals surface area contributed by atoms with Gasteiger partial charge in [0.2, 0.25) is 5.91 Å². The number of hydrogen-bond donors (Lipinski definition) is 3. The molecule has 0 fully saturated rings. The van der Waals surface area contributed by atoms with E-state index in [-0.39, 0.29) is 29.7 Å². The number of amides is 1. The molecule has 5 nitrogen and oxygen atoms in total. The van der Waals surface area contributed by atoms with Crippen molar-refractivity contribution in [3.8, 4) is 5.75 Å². The first-order valence-corrected chi connectivity index (χ1v) is 6.53. The first-order chi connectivity index (χ1) is 9.30. The lowest BCUT2D eigenvalue weighted by Crippen LogP contribution is -2.39. The van der Waals surface area contributed by atoms with Crippen molar-refractivity contribution in [2.45, 2.75) is 33.2 Å². The molecule has 0 spiro atoms. The van der Waals surface area contributed by atoms with Gasteiger partial charge in [-0.3, -0.25) is 9.78 Å². The van der Waals surface area contributed by atoms with Crippen LogP contribution in [0.25, 0.3) is 6.08 Å². The zero-order valence-corrected chi connectivity index (χ0v) is 12.1. The van der Waals surface area contributed by atoms with Crippen molar-refractivity contribution in [1.29, 1.82) is 0 Å². The third-order valence-electron chi connectivity index (χ3n) is 2.60. The van der Waals surface area contributed by atoms with Gasteiger partial charge in [0.25, 0.3) is 0 Å². The first-order valence-electron chi connectivity index (χ1n) is 6.53. The number of nitrogens with one attached hydrogen (secondary N) is 1. The molecule has 20 heavy (non-hydrogen) atoms. The Bertz CT molecular complexity index is 478. The van der Waals surface area contributed by atoms with Gasteiger partial charge in [0, 0.05) is 12.3 Å². The summed E-state index contributed by atoms with van der Waals surface area (Å²) in [6.45, 7) is 6.06. The topological polar surface area (TPSA) is 82.5 Å². The van der Waals surface area contributed by atoms with Crippen LogP contribution in [-0.2, 0) is 4.79 Å². The Kier molecular flexibility index (Phi) is 5.70. The molecule has 5 heteroatoms. The van der Waals surface area contributed by atoms with Crippen molar-refractivity contribution in [3.05, 3.63) is 30.1 Å². The molecular weight excluding hydrogens is 256 g/mol. The maximum absolute atomic E-state index is 11.8. The van der Waals surface area contributed by atoms with E-state index in [2.05, 4.69) is 31.1 Å². The van der Waals surface area contributed by atoms with Crippen LogP contribution in [0.15, 0.2) is 24.5 Å². The number of rotatable bonds is 5. The molecule has 0 aliphatic rings. The van der Waals surface area contributed by atoms with Gasteiger partial charge in [0.15, 0.2) is 0 Å². The molecule has 0 aromatic carbocycles. The number of hydrogen-bond acceptors (Lipinski definition) is 4. The summed E-state index contributed by atoms with van der Waals surface area (Å²) in [5, 5.41) is 21.3. The molecule has 1 aromatic rings. The Morgan fingerprint density at radius 3 is 2.70 bits per heavy atom. The predicted molar refractivity (Wildman–Crippen MR) is 78.0 cm³/mol. The number of carbonyl (C=O) groups is 1. The largest absolute Gasteiger partial charge is 0.506 e. The molecule has 0 bridgehead atoms. The van der Waals surface area contributed by atoms with Crippen molar-refractivity contribution < 1.29 is 15.0 Å². The van der Waals surface area contributed by atoms with Gasteiger partial charge in [-0.15, -0.1) is 0 Å². The number of carbonyl (C=O) groups excluding carboxylic acids is 1. The monoisotopic (exact) mass is 278 g/mol. The number of aromatic hydroxyl groups is 1. The third kappa shape index (κ3) is 6.33. The Hall–Kier alpha value is -1.88. The number of pyridine rings is 1. The highest BCUT2D eigenvalue weighted by atomic mass is 16.3.